The Morgan fingerprint density at radius 2 is 1.95 bits per heavy atom. The number of hydrogen-bond donors (Lipinski definition) is 0. The molecule has 0 N–H and O–H groups in total. The normalized spacial score (nSPS) is 18.7. The summed E-state index contributed by atoms with van der Waals surface area (Å²) in [6, 6.07) is 6.11. The van der Waals surface area contributed by atoms with Crippen LogP contribution in [-0.4, -0.2) is 23.2 Å². The van der Waals surface area contributed by atoms with Gasteiger partial charge in [0.2, 0.25) is 0 Å². The molecule has 0 amide bonds. The monoisotopic (exact) mass is 264 g/mol. The molecule has 96 valence electrons. The predicted molar refractivity (Wildman–Crippen MR) is 63.7 cm³/mol. The zero-order chi connectivity index (χ0) is 13.6. The Morgan fingerprint density at radius 3 is 2.68 bits per heavy atom. The quantitative estimate of drug-likeness (QED) is 0.733. The van der Waals surface area contributed by atoms with Gasteiger partial charge in [0, 0.05) is 17.1 Å². The van der Waals surface area contributed by atoms with Crippen LogP contribution in [0.4, 0.5) is 18.9 Å². The first-order chi connectivity index (χ1) is 8.98. The Balaban J connectivity index is 2.38. The fraction of sp³-hybridized carbons (Fsp3) is 0.154. The molecule has 1 aromatic carbocycles. The summed E-state index contributed by atoms with van der Waals surface area (Å²) in [5.41, 5.74) is 0.480. The Bertz CT molecular complexity index is 707. The number of nitrogens with zero attached hydrogens (tertiary/aromatic N) is 2. The van der Waals surface area contributed by atoms with Gasteiger partial charge in [0.15, 0.2) is 5.78 Å². The van der Waals surface area contributed by atoms with Crippen molar-refractivity contribution in [2.24, 2.45) is 4.99 Å². The number of rotatable bonds is 0. The molecule has 0 radical (unpaired) electrons. The third kappa shape index (κ3) is 1.80. The predicted octanol–water partition coefficient (Wildman–Crippen LogP) is 3.17. The molecule has 1 aliphatic rings. The minimum atomic E-state index is -4.64. The number of alkyl halides is 3. The molecule has 6 heteroatoms. The van der Waals surface area contributed by atoms with Gasteiger partial charge in [-0.3, -0.25) is 14.8 Å². The van der Waals surface area contributed by atoms with E-state index in [0.717, 1.165) is 6.21 Å². The van der Waals surface area contributed by atoms with Crippen LogP contribution in [0.1, 0.15) is 11.5 Å². The van der Waals surface area contributed by atoms with Gasteiger partial charge in [-0.2, -0.15) is 13.2 Å². The van der Waals surface area contributed by atoms with E-state index >= 15 is 0 Å². The van der Waals surface area contributed by atoms with E-state index in [9.17, 15) is 18.0 Å². The van der Waals surface area contributed by atoms with Gasteiger partial charge in [0.25, 0.3) is 0 Å². The van der Waals surface area contributed by atoms with Crippen LogP contribution in [0.15, 0.2) is 35.5 Å². The molecule has 19 heavy (non-hydrogen) atoms. The molecule has 0 aliphatic carbocycles. The first-order valence-corrected chi connectivity index (χ1v) is 5.51. The highest BCUT2D eigenvalue weighted by atomic mass is 19.4. The molecular formula is C13H7F3N2O. The lowest BCUT2D eigenvalue weighted by Gasteiger charge is -2.23. The van der Waals surface area contributed by atoms with E-state index in [1.165, 1.54) is 18.3 Å². The third-order valence-electron chi connectivity index (χ3n) is 3.04. The number of hydrogen-bond acceptors (Lipinski definition) is 3. The second kappa shape index (κ2) is 3.88. The lowest BCUT2D eigenvalue weighted by atomic mass is 9.88. The van der Waals surface area contributed by atoms with Gasteiger partial charge in [0.05, 0.1) is 17.4 Å². The van der Waals surface area contributed by atoms with Crippen molar-refractivity contribution in [1.29, 1.82) is 0 Å². The molecule has 1 atom stereocenters. The minimum Gasteiger partial charge on any atom is -0.292 e. The molecule has 1 aliphatic heterocycles. The van der Waals surface area contributed by atoms with Gasteiger partial charge >= 0.3 is 6.18 Å². The van der Waals surface area contributed by atoms with Gasteiger partial charge in [0.1, 0.15) is 5.92 Å². The number of halogens is 3. The number of aliphatic imine (C=N–C) groups is 1. The fourth-order valence-corrected chi connectivity index (χ4v) is 2.25. The maximum Gasteiger partial charge on any atom is 0.403 e. The van der Waals surface area contributed by atoms with Crippen LogP contribution in [0.25, 0.3) is 10.9 Å². The van der Waals surface area contributed by atoms with Crippen molar-refractivity contribution in [3.8, 4) is 0 Å². The van der Waals surface area contributed by atoms with E-state index in [1.54, 1.807) is 12.1 Å². The van der Waals surface area contributed by atoms with E-state index in [4.69, 9.17) is 0 Å². The van der Waals surface area contributed by atoms with Crippen molar-refractivity contribution in [1.82, 2.24) is 4.98 Å². The lowest BCUT2D eigenvalue weighted by molar-refractivity contribution is -0.159. The first-order valence-electron chi connectivity index (χ1n) is 5.51. The summed E-state index contributed by atoms with van der Waals surface area (Å²) in [6.07, 6.45) is -2.41. The highest BCUT2D eigenvalue weighted by Gasteiger charge is 2.48. The molecule has 1 unspecified atom stereocenters. The number of pyridine rings is 1. The number of Topliss-reactive ketones (excluding diaryl/α,β-unsaturated/α-hetero) is 1. The molecule has 1 aromatic heterocycles. The summed E-state index contributed by atoms with van der Waals surface area (Å²) >= 11 is 0. The highest BCUT2D eigenvalue weighted by molar-refractivity contribution is 6.32. The van der Waals surface area contributed by atoms with Crippen LogP contribution < -0.4 is 0 Å². The number of ketones is 1. The molecular weight excluding hydrogens is 257 g/mol. The van der Waals surface area contributed by atoms with Crippen molar-refractivity contribution in [2.75, 3.05) is 0 Å². The third-order valence-corrected chi connectivity index (χ3v) is 3.04. The molecule has 0 saturated carbocycles. The summed E-state index contributed by atoms with van der Waals surface area (Å²) in [6.45, 7) is 0. The van der Waals surface area contributed by atoms with E-state index in [0.29, 0.717) is 10.9 Å². The standard InChI is InChI=1S/C13H7F3N2O/c14-13(15,16)12-10(19)6-18-9-4-3-8-7(11(9)12)2-1-5-17-8/h1-6,12H. The molecule has 0 bridgehead atoms. The second-order valence-electron chi connectivity index (χ2n) is 4.20. The second-order valence-corrected chi connectivity index (χ2v) is 4.20. The van der Waals surface area contributed by atoms with Gasteiger partial charge < -0.3 is 0 Å². The number of fused-ring (bicyclic) bond motifs is 3. The molecule has 2 heterocycles. The average molecular weight is 264 g/mol. The highest BCUT2D eigenvalue weighted by Crippen LogP contribution is 2.44. The van der Waals surface area contributed by atoms with Crippen molar-refractivity contribution >= 4 is 28.6 Å². The van der Waals surface area contributed by atoms with Crippen LogP contribution in [-0.2, 0) is 4.79 Å². The van der Waals surface area contributed by atoms with E-state index in [-0.39, 0.29) is 11.3 Å². The molecule has 0 fully saturated rings. The van der Waals surface area contributed by atoms with Gasteiger partial charge in [-0.25, -0.2) is 0 Å². The largest absolute Gasteiger partial charge is 0.403 e. The van der Waals surface area contributed by atoms with Crippen molar-refractivity contribution in [3.05, 3.63) is 36.0 Å². The SMILES string of the molecule is O=C1C=Nc2ccc3ncccc3c2C1C(F)(F)F. The molecule has 2 aromatic rings. The molecule has 0 saturated heterocycles. The van der Waals surface area contributed by atoms with Crippen LogP contribution in [0.2, 0.25) is 0 Å². The van der Waals surface area contributed by atoms with Crippen LogP contribution >= 0.6 is 0 Å². The molecule has 3 rings (SSSR count). The van der Waals surface area contributed by atoms with Gasteiger partial charge in [-0.1, -0.05) is 6.07 Å². The lowest BCUT2D eigenvalue weighted by Crippen LogP contribution is -2.31. The minimum absolute atomic E-state index is 0.106. The van der Waals surface area contributed by atoms with E-state index in [1.807, 2.05) is 0 Å². The summed E-state index contributed by atoms with van der Waals surface area (Å²) in [4.78, 5) is 19.3. The van der Waals surface area contributed by atoms with E-state index in [2.05, 4.69) is 9.98 Å². The number of benzene rings is 1. The van der Waals surface area contributed by atoms with Crippen LogP contribution in [0.5, 0.6) is 0 Å². The summed E-state index contributed by atoms with van der Waals surface area (Å²) < 4.78 is 39.3. The summed E-state index contributed by atoms with van der Waals surface area (Å²) in [5.74, 6) is -3.20. The molecule has 3 nitrogen and oxygen atoms in total. The van der Waals surface area contributed by atoms with Crippen LogP contribution in [0.3, 0.4) is 0 Å². The first kappa shape index (κ1) is 11.8. The van der Waals surface area contributed by atoms with Crippen molar-refractivity contribution < 1.29 is 18.0 Å². The van der Waals surface area contributed by atoms with Gasteiger partial charge in [-0.05, 0) is 18.2 Å². The summed E-state index contributed by atoms with van der Waals surface area (Å²) in [7, 11) is 0. The Morgan fingerprint density at radius 1 is 1.16 bits per heavy atom. The summed E-state index contributed by atoms with van der Waals surface area (Å²) in [5, 5.41) is 0.313. The zero-order valence-corrected chi connectivity index (χ0v) is 9.48. The number of carbonyl (C=O) groups excluding carboxylic acids is 1. The Kier molecular flexibility index (Phi) is 2.41. The Labute approximate surface area is 105 Å². The number of aromatic nitrogens is 1. The molecule has 0 spiro atoms. The topological polar surface area (TPSA) is 42.3 Å². The average Bonchev–Trinajstić information content (AvgIpc) is 2.37. The zero-order valence-electron chi connectivity index (χ0n) is 9.48. The number of carbonyl (C=O) groups is 1. The van der Waals surface area contributed by atoms with Crippen molar-refractivity contribution in [3.63, 3.8) is 0 Å². The fourth-order valence-electron chi connectivity index (χ4n) is 2.25. The maximum absolute atomic E-state index is 13.1. The van der Waals surface area contributed by atoms with Crippen LogP contribution in [0, 0.1) is 0 Å². The van der Waals surface area contributed by atoms with Crippen molar-refractivity contribution in [2.45, 2.75) is 12.1 Å². The smallest absolute Gasteiger partial charge is 0.292 e. The Hall–Kier alpha value is -2.24. The van der Waals surface area contributed by atoms with Gasteiger partial charge in [-0.15, -0.1) is 0 Å². The maximum atomic E-state index is 13.1. The van der Waals surface area contributed by atoms with E-state index < -0.39 is 17.9 Å².